The number of hydrogen-bond acceptors (Lipinski definition) is 5. The molecule has 0 aliphatic carbocycles. The van der Waals surface area contributed by atoms with Crippen molar-refractivity contribution in [1.82, 2.24) is 10.1 Å². The summed E-state index contributed by atoms with van der Waals surface area (Å²) >= 11 is 1.49. The number of hydrogen-bond donors (Lipinski definition) is 1. The van der Waals surface area contributed by atoms with Gasteiger partial charge in [-0.3, -0.25) is 0 Å². The van der Waals surface area contributed by atoms with Gasteiger partial charge in [-0.1, -0.05) is 11.2 Å². The first-order valence-corrected chi connectivity index (χ1v) is 5.92. The fraction of sp³-hybridized carbons (Fsp3) is 0.400. The van der Waals surface area contributed by atoms with E-state index in [9.17, 15) is 13.2 Å². The Hall–Kier alpha value is -1.41. The molecule has 98 valence electrons. The van der Waals surface area contributed by atoms with Gasteiger partial charge in [0.25, 0.3) is 0 Å². The van der Waals surface area contributed by atoms with Gasteiger partial charge in [-0.15, -0.1) is 11.3 Å². The minimum absolute atomic E-state index is 0.216. The van der Waals surface area contributed by atoms with Crippen LogP contribution < -0.4 is 0 Å². The molecule has 18 heavy (non-hydrogen) atoms. The van der Waals surface area contributed by atoms with E-state index in [4.69, 9.17) is 5.11 Å². The van der Waals surface area contributed by atoms with Crippen molar-refractivity contribution >= 4 is 11.3 Å². The van der Waals surface area contributed by atoms with Gasteiger partial charge in [0.05, 0.1) is 6.42 Å². The van der Waals surface area contributed by atoms with Gasteiger partial charge >= 0.3 is 6.18 Å². The fourth-order valence-electron chi connectivity index (χ4n) is 1.29. The highest BCUT2D eigenvalue weighted by atomic mass is 32.1. The molecule has 0 aliphatic rings. The molecule has 0 bridgehead atoms. The molecule has 1 unspecified atom stereocenters. The number of aliphatic hydroxyl groups excluding tert-OH is 1. The van der Waals surface area contributed by atoms with Gasteiger partial charge in [0.1, 0.15) is 0 Å². The van der Waals surface area contributed by atoms with E-state index in [0.29, 0.717) is 12.2 Å². The lowest BCUT2D eigenvalue weighted by Gasteiger charge is -2.11. The van der Waals surface area contributed by atoms with Crippen molar-refractivity contribution in [3.8, 4) is 0 Å². The molecular formula is C10H9F3N2O2S. The fourth-order valence-corrected chi connectivity index (χ4v) is 2.00. The van der Waals surface area contributed by atoms with Gasteiger partial charge in [-0.2, -0.15) is 18.2 Å². The van der Waals surface area contributed by atoms with Crippen LogP contribution in [0.5, 0.6) is 0 Å². The highest BCUT2D eigenvalue weighted by Crippen LogP contribution is 2.22. The van der Waals surface area contributed by atoms with E-state index >= 15 is 0 Å². The number of rotatable bonds is 4. The first-order chi connectivity index (χ1) is 8.45. The average Bonchev–Trinajstić information content (AvgIpc) is 2.89. The largest absolute Gasteiger partial charge is 0.414 e. The van der Waals surface area contributed by atoms with E-state index in [0.717, 1.165) is 4.88 Å². The molecule has 0 amide bonds. The Morgan fingerprint density at radius 3 is 2.83 bits per heavy atom. The van der Waals surface area contributed by atoms with Crippen LogP contribution in [-0.2, 0) is 12.8 Å². The van der Waals surface area contributed by atoms with Gasteiger partial charge < -0.3 is 9.63 Å². The maximum atomic E-state index is 12.1. The van der Waals surface area contributed by atoms with E-state index < -0.39 is 18.7 Å². The van der Waals surface area contributed by atoms with Crippen molar-refractivity contribution in [2.24, 2.45) is 0 Å². The van der Waals surface area contributed by atoms with Crippen molar-refractivity contribution in [2.75, 3.05) is 0 Å². The molecule has 0 aliphatic heterocycles. The minimum Gasteiger partial charge on any atom is -0.383 e. The Balaban J connectivity index is 1.98. The van der Waals surface area contributed by atoms with Crippen molar-refractivity contribution in [3.63, 3.8) is 0 Å². The zero-order valence-corrected chi connectivity index (χ0v) is 9.83. The van der Waals surface area contributed by atoms with Gasteiger partial charge in [0.2, 0.25) is 5.89 Å². The predicted octanol–water partition coefficient (Wildman–Crippen LogP) is 2.19. The van der Waals surface area contributed by atoms with Gasteiger partial charge in [0, 0.05) is 11.3 Å². The van der Waals surface area contributed by atoms with Crippen LogP contribution in [0, 0.1) is 0 Å². The summed E-state index contributed by atoms with van der Waals surface area (Å²) in [6.45, 7) is 0. The lowest BCUT2D eigenvalue weighted by atomic mass is 10.2. The highest BCUT2D eigenvalue weighted by Gasteiger charge is 2.39. The standard InChI is InChI=1S/C10H9F3N2O2S/c11-10(12,13)7(16)5-9-14-8(15-17-9)4-6-2-1-3-18-6/h1-3,7,16H,4-5H2. The molecule has 1 N–H and O–H groups in total. The molecule has 2 rings (SSSR count). The lowest BCUT2D eigenvalue weighted by Crippen LogP contribution is -2.30. The molecule has 2 heterocycles. The minimum atomic E-state index is -4.68. The first-order valence-electron chi connectivity index (χ1n) is 5.04. The summed E-state index contributed by atoms with van der Waals surface area (Å²) in [6.07, 6.45) is -7.47. The van der Waals surface area contributed by atoms with Crippen LogP contribution in [0.3, 0.4) is 0 Å². The zero-order chi connectivity index (χ0) is 13.2. The van der Waals surface area contributed by atoms with Crippen molar-refractivity contribution in [2.45, 2.75) is 25.1 Å². The van der Waals surface area contributed by atoms with Crippen molar-refractivity contribution in [1.29, 1.82) is 0 Å². The third-order valence-corrected chi connectivity index (χ3v) is 3.04. The summed E-state index contributed by atoms with van der Waals surface area (Å²) in [7, 11) is 0. The molecule has 8 heteroatoms. The summed E-state index contributed by atoms with van der Waals surface area (Å²) in [4.78, 5) is 4.79. The molecule has 0 saturated carbocycles. The number of aliphatic hydroxyl groups is 1. The molecule has 0 saturated heterocycles. The van der Waals surface area contributed by atoms with Gasteiger partial charge in [-0.05, 0) is 11.4 Å². The number of nitrogens with zero attached hydrogens (tertiary/aromatic N) is 2. The first kappa shape index (κ1) is 13.0. The maximum absolute atomic E-state index is 12.1. The summed E-state index contributed by atoms with van der Waals surface area (Å²) in [5.74, 6) is 0.0909. The summed E-state index contributed by atoms with van der Waals surface area (Å²) < 4.78 is 41.0. The molecule has 1 atom stereocenters. The van der Waals surface area contributed by atoms with Crippen LogP contribution >= 0.6 is 11.3 Å². The van der Waals surface area contributed by atoms with Crippen LogP contribution in [0.4, 0.5) is 13.2 Å². The van der Waals surface area contributed by atoms with Crippen LogP contribution in [0.25, 0.3) is 0 Å². The monoisotopic (exact) mass is 278 g/mol. The summed E-state index contributed by atoms with van der Waals surface area (Å²) in [5.41, 5.74) is 0. The number of halogens is 3. The predicted molar refractivity (Wildman–Crippen MR) is 57.2 cm³/mol. The smallest absolute Gasteiger partial charge is 0.383 e. The van der Waals surface area contributed by atoms with E-state index in [1.54, 1.807) is 0 Å². The van der Waals surface area contributed by atoms with Crippen LogP contribution in [-0.4, -0.2) is 27.5 Å². The van der Waals surface area contributed by atoms with Gasteiger partial charge in [-0.25, -0.2) is 0 Å². The Kier molecular flexibility index (Phi) is 3.67. The van der Waals surface area contributed by atoms with Crippen molar-refractivity contribution < 1.29 is 22.8 Å². The highest BCUT2D eigenvalue weighted by molar-refractivity contribution is 7.09. The summed E-state index contributed by atoms with van der Waals surface area (Å²) in [5, 5.41) is 14.3. The average molecular weight is 278 g/mol. The quantitative estimate of drug-likeness (QED) is 0.931. The van der Waals surface area contributed by atoms with E-state index in [-0.39, 0.29) is 5.89 Å². The third kappa shape index (κ3) is 3.30. The second kappa shape index (κ2) is 5.07. The van der Waals surface area contributed by atoms with Crippen LogP contribution in [0.1, 0.15) is 16.6 Å². The molecule has 2 aromatic heterocycles. The molecule has 4 nitrogen and oxygen atoms in total. The molecule has 0 aromatic carbocycles. The summed E-state index contributed by atoms with van der Waals surface area (Å²) in [6, 6.07) is 3.72. The van der Waals surface area contributed by atoms with E-state index in [1.807, 2.05) is 17.5 Å². The Labute approximate surface area is 104 Å². The van der Waals surface area contributed by atoms with Crippen LogP contribution in [0.15, 0.2) is 22.0 Å². The molecule has 2 aromatic rings. The topological polar surface area (TPSA) is 59.2 Å². The Bertz CT molecular complexity index is 495. The Morgan fingerprint density at radius 2 is 2.22 bits per heavy atom. The number of thiophene rings is 1. The molecule has 0 radical (unpaired) electrons. The normalized spacial score (nSPS) is 13.8. The molecular weight excluding hydrogens is 269 g/mol. The Morgan fingerprint density at radius 1 is 1.44 bits per heavy atom. The second-order valence-electron chi connectivity index (χ2n) is 3.62. The number of aromatic nitrogens is 2. The van der Waals surface area contributed by atoms with Gasteiger partial charge in [0.15, 0.2) is 11.9 Å². The lowest BCUT2D eigenvalue weighted by molar-refractivity contribution is -0.204. The molecule has 0 spiro atoms. The van der Waals surface area contributed by atoms with E-state index in [1.165, 1.54) is 11.3 Å². The van der Waals surface area contributed by atoms with E-state index in [2.05, 4.69) is 14.7 Å². The van der Waals surface area contributed by atoms with Crippen LogP contribution in [0.2, 0.25) is 0 Å². The maximum Gasteiger partial charge on any atom is 0.414 e. The SMILES string of the molecule is OC(Cc1nc(Cc2cccs2)no1)C(F)(F)F. The number of alkyl halides is 3. The molecule has 0 fully saturated rings. The second-order valence-corrected chi connectivity index (χ2v) is 4.65. The third-order valence-electron chi connectivity index (χ3n) is 2.17. The zero-order valence-electron chi connectivity index (χ0n) is 9.02. The van der Waals surface area contributed by atoms with Crippen molar-refractivity contribution in [3.05, 3.63) is 34.1 Å².